The van der Waals surface area contributed by atoms with Crippen LogP contribution in [-0.4, -0.2) is 30.1 Å². The standard InChI is InChI=1S/C21H30N2O4/c1-6-25-20(24)19-17(12-13-22-15(2)21(3,4)5)23-18(27-19)14-26-16-10-8-7-9-11-16/h7-11,15,22H,6,12-14H2,1-5H3. The lowest BCUT2D eigenvalue weighted by molar-refractivity contribution is 0.0484. The smallest absolute Gasteiger partial charge is 0.376 e. The summed E-state index contributed by atoms with van der Waals surface area (Å²) in [5, 5.41) is 3.47. The number of rotatable bonds is 9. The maximum Gasteiger partial charge on any atom is 0.376 e. The number of ether oxygens (including phenoxy) is 2. The average Bonchev–Trinajstić information content (AvgIpc) is 3.03. The van der Waals surface area contributed by atoms with Gasteiger partial charge < -0.3 is 19.2 Å². The van der Waals surface area contributed by atoms with Gasteiger partial charge in [0.05, 0.1) is 12.3 Å². The van der Waals surface area contributed by atoms with E-state index in [4.69, 9.17) is 13.9 Å². The highest BCUT2D eigenvalue weighted by Gasteiger charge is 2.23. The molecule has 0 fully saturated rings. The van der Waals surface area contributed by atoms with Crippen LogP contribution in [0.5, 0.6) is 5.75 Å². The summed E-state index contributed by atoms with van der Waals surface area (Å²) in [5.41, 5.74) is 0.747. The second-order valence-electron chi connectivity index (χ2n) is 7.50. The van der Waals surface area contributed by atoms with Crippen LogP contribution in [-0.2, 0) is 17.8 Å². The van der Waals surface area contributed by atoms with Crippen LogP contribution in [0.1, 0.15) is 56.8 Å². The number of carbonyl (C=O) groups excluding carboxylic acids is 1. The minimum atomic E-state index is -0.491. The predicted octanol–water partition coefficient (Wildman–Crippen LogP) is 4.00. The highest BCUT2D eigenvalue weighted by Crippen LogP contribution is 2.19. The summed E-state index contributed by atoms with van der Waals surface area (Å²) in [4.78, 5) is 16.6. The van der Waals surface area contributed by atoms with Crippen molar-refractivity contribution in [3.8, 4) is 5.75 Å². The summed E-state index contributed by atoms with van der Waals surface area (Å²) in [5.74, 6) is 0.750. The van der Waals surface area contributed by atoms with Crippen molar-refractivity contribution < 1.29 is 18.7 Å². The molecular formula is C21H30N2O4. The molecule has 1 atom stereocenters. The molecular weight excluding hydrogens is 344 g/mol. The Kier molecular flexibility index (Phi) is 7.42. The summed E-state index contributed by atoms with van der Waals surface area (Å²) in [7, 11) is 0. The zero-order valence-corrected chi connectivity index (χ0v) is 16.9. The van der Waals surface area contributed by atoms with Crippen LogP contribution in [0, 0.1) is 5.41 Å². The summed E-state index contributed by atoms with van der Waals surface area (Å²) in [6.45, 7) is 11.6. The lowest BCUT2D eigenvalue weighted by Crippen LogP contribution is -2.38. The minimum absolute atomic E-state index is 0.155. The Labute approximate surface area is 161 Å². The number of para-hydroxylation sites is 1. The molecule has 1 unspecified atom stereocenters. The molecule has 0 radical (unpaired) electrons. The quantitative estimate of drug-likeness (QED) is 0.669. The van der Waals surface area contributed by atoms with Crippen molar-refractivity contribution in [3.63, 3.8) is 0 Å². The topological polar surface area (TPSA) is 73.6 Å². The average molecular weight is 374 g/mol. The lowest BCUT2D eigenvalue weighted by atomic mass is 9.88. The summed E-state index contributed by atoms with van der Waals surface area (Å²) >= 11 is 0. The Balaban J connectivity index is 2.04. The second-order valence-corrected chi connectivity index (χ2v) is 7.50. The fourth-order valence-corrected chi connectivity index (χ4v) is 2.36. The van der Waals surface area contributed by atoms with Crippen LogP contribution in [0.25, 0.3) is 0 Å². The van der Waals surface area contributed by atoms with Gasteiger partial charge in [0.1, 0.15) is 5.75 Å². The number of hydrogen-bond acceptors (Lipinski definition) is 6. The Bertz CT molecular complexity index is 720. The highest BCUT2D eigenvalue weighted by molar-refractivity contribution is 5.87. The Hall–Kier alpha value is -2.34. The Morgan fingerprint density at radius 1 is 1.26 bits per heavy atom. The molecule has 1 heterocycles. The Morgan fingerprint density at radius 2 is 1.96 bits per heavy atom. The molecule has 0 saturated carbocycles. The van der Waals surface area contributed by atoms with Gasteiger partial charge in [0, 0.05) is 19.0 Å². The molecule has 0 aliphatic carbocycles. The molecule has 0 bridgehead atoms. The van der Waals surface area contributed by atoms with Crippen molar-refractivity contribution in [3.05, 3.63) is 47.7 Å². The number of nitrogens with zero attached hydrogens (tertiary/aromatic N) is 1. The van der Waals surface area contributed by atoms with E-state index in [9.17, 15) is 4.79 Å². The first-order chi connectivity index (χ1) is 12.8. The van der Waals surface area contributed by atoms with Crippen molar-refractivity contribution in [2.45, 2.75) is 53.7 Å². The van der Waals surface area contributed by atoms with E-state index in [1.54, 1.807) is 6.92 Å². The monoisotopic (exact) mass is 374 g/mol. The van der Waals surface area contributed by atoms with Gasteiger partial charge in [-0.3, -0.25) is 0 Å². The van der Waals surface area contributed by atoms with Gasteiger partial charge in [-0.2, -0.15) is 0 Å². The largest absolute Gasteiger partial charge is 0.484 e. The van der Waals surface area contributed by atoms with E-state index in [2.05, 4.69) is 38.0 Å². The van der Waals surface area contributed by atoms with E-state index in [0.717, 1.165) is 5.75 Å². The molecule has 6 nitrogen and oxygen atoms in total. The lowest BCUT2D eigenvalue weighted by Gasteiger charge is -2.28. The third-order valence-corrected chi connectivity index (χ3v) is 4.42. The summed E-state index contributed by atoms with van der Waals surface area (Å²) in [6.07, 6.45) is 0.573. The molecule has 148 valence electrons. The number of hydrogen-bond donors (Lipinski definition) is 1. The molecule has 2 aromatic rings. The van der Waals surface area contributed by atoms with Crippen molar-refractivity contribution in [2.75, 3.05) is 13.2 Å². The maximum atomic E-state index is 12.2. The molecule has 1 aromatic heterocycles. The van der Waals surface area contributed by atoms with E-state index in [-0.39, 0.29) is 24.4 Å². The van der Waals surface area contributed by atoms with Crippen LogP contribution in [0.15, 0.2) is 34.7 Å². The van der Waals surface area contributed by atoms with Crippen LogP contribution in [0.2, 0.25) is 0 Å². The van der Waals surface area contributed by atoms with Crippen LogP contribution < -0.4 is 10.1 Å². The first kappa shape index (κ1) is 21.0. The van der Waals surface area contributed by atoms with Gasteiger partial charge in [-0.1, -0.05) is 39.0 Å². The minimum Gasteiger partial charge on any atom is -0.484 e. The van der Waals surface area contributed by atoms with Gasteiger partial charge in [0.15, 0.2) is 6.61 Å². The molecule has 0 aliphatic heterocycles. The van der Waals surface area contributed by atoms with Gasteiger partial charge in [-0.05, 0) is 31.4 Å². The molecule has 0 amide bonds. The highest BCUT2D eigenvalue weighted by atomic mass is 16.5. The molecule has 1 N–H and O–H groups in total. The van der Waals surface area contributed by atoms with Crippen LogP contribution in [0.3, 0.4) is 0 Å². The number of esters is 1. The second kappa shape index (κ2) is 9.55. The fourth-order valence-electron chi connectivity index (χ4n) is 2.36. The van der Waals surface area contributed by atoms with Crippen LogP contribution >= 0.6 is 0 Å². The third-order valence-electron chi connectivity index (χ3n) is 4.42. The molecule has 2 rings (SSSR count). The van der Waals surface area contributed by atoms with Gasteiger partial charge in [0.2, 0.25) is 11.7 Å². The molecule has 27 heavy (non-hydrogen) atoms. The van der Waals surface area contributed by atoms with E-state index < -0.39 is 5.97 Å². The SMILES string of the molecule is CCOC(=O)c1oc(COc2ccccc2)nc1CCNC(C)C(C)(C)C. The van der Waals surface area contributed by atoms with E-state index in [0.29, 0.717) is 30.6 Å². The normalized spacial score (nSPS) is 12.6. The van der Waals surface area contributed by atoms with Gasteiger partial charge in [0.25, 0.3) is 0 Å². The zero-order chi connectivity index (χ0) is 19.9. The van der Waals surface area contributed by atoms with Gasteiger partial charge in [-0.15, -0.1) is 0 Å². The third kappa shape index (κ3) is 6.40. The Morgan fingerprint density at radius 3 is 2.59 bits per heavy atom. The van der Waals surface area contributed by atoms with E-state index >= 15 is 0 Å². The van der Waals surface area contributed by atoms with Crippen molar-refractivity contribution in [1.82, 2.24) is 10.3 Å². The number of benzene rings is 1. The zero-order valence-electron chi connectivity index (χ0n) is 16.9. The summed E-state index contributed by atoms with van der Waals surface area (Å²) < 4.78 is 16.4. The summed E-state index contributed by atoms with van der Waals surface area (Å²) in [6, 6.07) is 9.74. The predicted molar refractivity (Wildman–Crippen MR) is 104 cm³/mol. The maximum absolute atomic E-state index is 12.2. The van der Waals surface area contributed by atoms with Crippen LogP contribution in [0.4, 0.5) is 0 Å². The van der Waals surface area contributed by atoms with E-state index in [1.807, 2.05) is 30.3 Å². The van der Waals surface area contributed by atoms with E-state index in [1.165, 1.54) is 0 Å². The molecule has 0 aliphatic rings. The molecule has 0 spiro atoms. The molecule has 0 saturated heterocycles. The number of aromatic nitrogens is 1. The van der Waals surface area contributed by atoms with Crippen molar-refractivity contribution in [1.29, 1.82) is 0 Å². The van der Waals surface area contributed by atoms with Gasteiger partial charge in [-0.25, -0.2) is 9.78 Å². The number of nitrogens with one attached hydrogen (secondary N) is 1. The molecule has 6 heteroatoms. The first-order valence-corrected chi connectivity index (χ1v) is 9.38. The molecule has 1 aromatic carbocycles. The number of carbonyl (C=O) groups is 1. The van der Waals surface area contributed by atoms with Crippen molar-refractivity contribution >= 4 is 5.97 Å². The fraction of sp³-hybridized carbons (Fsp3) is 0.524. The number of oxazole rings is 1. The van der Waals surface area contributed by atoms with Gasteiger partial charge >= 0.3 is 5.97 Å². The van der Waals surface area contributed by atoms with Crippen molar-refractivity contribution in [2.24, 2.45) is 5.41 Å². The first-order valence-electron chi connectivity index (χ1n) is 9.38.